The highest BCUT2D eigenvalue weighted by molar-refractivity contribution is 9.10. The summed E-state index contributed by atoms with van der Waals surface area (Å²) < 4.78 is 0.929. The number of carbonyl (C=O) groups excluding carboxylic acids is 1. The van der Waals surface area contributed by atoms with Crippen molar-refractivity contribution in [2.24, 2.45) is 0 Å². The molecule has 0 aromatic heterocycles. The number of hydrogen-bond donors (Lipinski definition) is 2. The number of halogens is 1. The van der Waals surface area contributed by atoms with E-state index < -0.39 is 0 Å². The minimum absolute atomic E-state index is 0.249. The van der Waals surface area contributed by atoms with Crippen LogP contribution in [-0.4, -0.2) is 30.4 Å². The Labute approximate surface area is 122 Å². The first kappa shape index (κ1) is 14.2. The first-order chi connectivity index (χ1) is 9.16. The molecule has 19 heavy (non-hydrogen) atoms. The summed E-state index contributed by atoms with van der Waals surface area (Å²) >= 11 is 3.45. The molecule has 3 N–H and O–H groups in total. The molecule has 1 aromatic rings. The fourth-order valence-corrected chi connectivity index (χ4v) is 2.82. The van der Waals surface area contributed by atoms with Gasteiger partial charge in [-0.05, 0) is 53.4 Å². The molecule has 2 rings (SSSR count). The molecule has 1 amide bonds. The molecule has 0 spiro atoms. The Bertz CT molecular complexity index is 444. The van der Waals surface area contributed by atoms with Crippen LogP contribution in [-0.2, 0) is 4.79 Å². The third-order valence-electron chi connectivity index (χ3n) is 3.36. The highest BCUT2D eigenvalue weighted by Gasteiger charge is 2.15. The van der Waals surface area contributed by atoms with Crippen LogP contribution in [0.3, 0.4) is 0 Å². The van der Waals surface area contributed by atoms with Crippen molar-refractivity contribution in [2.45, 2.75) is 25.7 Å². The van der Waals surface area contributed by atoms with Gasteiger partial charge in [0.2, 0.25) is 5.91 Å². The van der Waals surface area contributed by atoms with Crippen molar-refractivity contribution in [2.75, 3.05) is 30.7 Å². The number of carbonyl (C=O) groups is 1. The molecule has 4 nitrogen and oxygen atoms in total. The minimum atomic E-state index is 0.249. The van der Waals surface area contributed by atoms with Gasteiger partial charge in [-0.15, -0.1) is 0 Å². The molecule has 0 aliphatic carbocycles. The molecular weight excluding hydrogens is 306 g/mol. The lowest BCUT2D eigenvalue weighted by Crippen LogP contribution is -2.36. The largest absolute Gasteiger partial charge is 0.399 e. The molecule has 0 saturated carbocycles. The average molecular weight is 326 g/mol. The van der Waals surface area contributed by atoms with E-state index in [1.165, 1.54) is 6.42 Å². The van der Waals surface area contributed by atoms with Crippen LogP contribution in [0.25, 0.3) is 0 Å². The number of nitrogens with two attached hydrogens (primary N) is 1. The Hall–Kier alpha value is -1.23. The van der Waals surface area contributed by atoms with Crippen molar-refractivity contribution >= 4 is 33.2 Å². The molecule has 0 unspecified atom stereocenters. The normalized spacial score (nSPS) is 15.3. The molecule has 1 heterocycles. The van der Waals surface area contributed by atoms with Crippen LogP contribution in [0.15, 0.2) is 22.7 Å². The van der Waals surface area contributed by atoms with Crippen LogP contribution >= 0.6 is 15.9 Å². The third kappa shape index (κ3) is 4.13. The molecule has 1 aliphatic rings. The number of nitrogen functional groups attached to an aromatic ring is 1. The van der Waals surface area contributed by atoms with Crippen LogP contribution in [0, 0.1) is 0 Å². The second-order valence-electron chi connectivity index (χ2n) is 4.86. The van der Waals surface area contributed by atoms with E-state index in [-0.39, 0.29) is 5.91 Å². The number of nitrogens with one attached hydrogen (secondary N) is 1. The van der Waals surface area contributed by atoms with Gasteiger partial charge in [0.05, 0.1) is 0 Å². The maximum atomic E-state index is 12.0. The van der Waals surface area contributed by atoms with Gasteiger partial charge in [0.1, 0.15) is 0 Å². The van der Waals surface area contributed by atoms with Gasteiger partial charge < -0.3 is 16.0 Å². The Balaban J connectivity index is 1.78. The summed E-state index contributed by atoms with van der Waals surface area (Å²) in [7, 11) is 0. The number of anilines is 2. The summed E-state index contributed by atoms with van der Waals surface area (Å²) in [5, 5.41) is 3.26. The summed E-state index contributed by atoms with van der Waals surface area (Å²) in [4.78, 5) is 14.0. The van der Waals surface area contributed by atoms with Gasteiger partial charge >= 0.3 is 0 Å². The van der Waals surface area contributed by atoms with Crippen molar-refractivity contribution in [1.29, 1.82) is 0 Å². The van der Waals surface area contributed by atoms with Gasteiger partial charge in [0.15, 0.2) is 0 Å². The zero-order valence-electron chi connectivity index (χ0n) is 11.0. The number of nitrogens with zero attached hydrogens (tertiary/aromatic N) is 1. The fourth-order valence-electron chi connectivity index (χ4n) is 2.28. The molecule has 0 radical (unpaired) electrons. The predicted octanol–water partition coefficient (Wildman–Crippen LogP) is 2.85. The van der Waals surface area contributed by atoms with E-state index in [2.05, 4.69) is 21.2 Å². The molecule has 5 heteroatoms. The summed E-state index contributed by atoms with van der Waals surface area (Å²) in [5.41, 5.74) is 7.38. The zero-order chi connectivity index (χ0) is 13.7. The Kier molecular flexibility index (Phi) is 5.07. The number of benzene rings is 1. The maximum absolute atomic E-state index is 12.0. The second-order valence-corrected chi connectivity index (χ2v) is 5.71. The van der Waals surface area contributed by atoms with Crippen LogP contribution in [0.2, 0.25) is 0 Å². The third-order valence-corrected chi connectivity index (χ3v) is 4.01. The van der Waals surface area contributed by atoms with Gasteiger partial charge in [-0.1, -0.05) is 0 Å². The van der Waals surface area contributed by atoms with Crippen LogP contribution < -0.4 is 11.1 Å². The lowest BCUT2D eigenvalue weighted by atomic mass is 10.1. The Morgan fingerprint density at radius 1 is 1.32 bits per heavy atom. The van der Waals surface area contributed by atoms with E-state index in [1.54, 1.807) is 0 Å². The molecule has 104 valence electrons. The number of rotatable bonds is 4. The monoisotopic (exact) mass is 325 g/mol. The van der Waals surface area contributed by atoms with Crippen molar-refractivity contribution in [1.82, 2.24) is 4.90 Å². The Morgan fingerprint density at radius 2 is 2.05 bits per heavy atom. The Morgan fingerprint density at radius 3 is 2.74 bits per heavy atom. The molecule has 0 bridgehead atoms. The van der Waals surface area contributed by atoms with Gasteiger partial charge in [-0.3, -0.25) is 4.79 Å². The van der Waals surface area contributed by atoms with Crippen molar-refractivity contribution in [3.8, 4) is 0 Å². The highest BCUT2D eigenvalue weighted by atomic mass is 79.9. The summed E-state index contributed by atoms with van der Waals surface area (Å²) in [6.45, 7) is 2.49. The number of amides is 1. The first-order valence-corrected chi connectivity index (χ1v) is 7.53. The molecule has 1 fully saturated rings. The standard InChI is InChI=1S/C14H20BrN3O/c15-12-10-11(16)4-5-13(12)17-7-6-14(19)18-8-2-1-3-9-18/h4-5,10,17H,1-3,6-9,16H2. The maximum Gasteiger partial charge on any atom is 0.224 e. The molecule has 1 aliphatic heterocycles. The van der Waals surface area contributed by atoms with Crippen LogP contribution in [0.4, 0.5) is 11.4 Å². The second kappa shape index (κ2) is 6.80. The number of likely N-dealkylation sites (tertiary alicyclic amines) is 1. The lowest BCUT2D eigenvalue weighted by Gasteiger charge is -2.26. The van der Waals surface area contributed by atoms with Crippen LogP contribution in [0.5, 0.6) is 0 Å². The fraction of sp³-hybridized carbons (Fsp3) is 0.500. The summed E-state index contributed by atoms with van der Waals surface area (Å²) in [5.74, 6) is 0.249. The minimum Gasteiger partial charge on any atom is -0.399 e. The van der Waals surface area contributed by atoms with Crippen molar-refractivity contribution < 1.29 is 4.79 Å². The topological polar surface area (TPSA) is 58.4 Å². The summed E-state index contributed by atoms with van der Waals surface area (Å²) in [6, 6.07) is 5.62. The SMILES string of the molecule is Nc1ccc(NCCC(=O)N2CCCCC2)c(Br)c1. The van der Waals surface area contributed by atoms with E-state index in [9.17, 15) is 4.79 Å². The van der Waals surface area contributed by atoms with Gasteiger partial charge in [0.25, 0.3) is 0 Å². The first-order valence-electron chi connectivity index (χ1n) is 6.73. The van der Waals surface area contributed by atoms with E-state index >= 15 is 0 Å². The van der Waals surface area contributed by atoms with E-state index in [0.717, 1.165) is 41.8 Å². The highest BCUT2D eigenvalue weighted by Crippen LogP contribution is 2.24. The van der Waals surface area contributed by atoms with Crippen molar-refractivity contribution in [3.05, 3.63) is 22.7 Å². The molecule has 1 saturated heterocycles. The quantitative estimate of drug-likeness (QED) is 0.837. The number of piperidine rings is 1. The van der Waals surface area contributed by atoms with E-state index in [0.29, 0.717) is 13.0 Å². The number of hydrogen-bond acceptors (Lipinski definition) is 3. The summed E-state index contributed by atoms with van der Waals surface area (Å²) in [6.07, 6.45) is 4.07. The zero-order valence-corrected chi connectivity index (χ0v) is 12.6. The molecule has 0 atom stereocenters. The van der Waals surface area contributed by atoms with Gasteiger partial charge in [0, 0.05) is 41.9 Å². The van der Waals surface area contributed by atoms with Crippen LogP contribution in [0.1, 0.15) is 25.7 Å². The van der Waals surface area contributed by atoms with E-state index in [1.807, 2.05) is 23.1 Å². The van der Waals surface area contributed by atoms with Gasteiger partial charge in [-0.25, -0.2) is 0 Å². The van der Waals surface area contributed by atoms with E-state index in [4.69, 9.17) is 5.73 Å². The van der Waals surface area contributed by atoms with Crippen molar-refractivity contribution in [3.63, 3.8) is 0 Å². The smallest absolute Gasteiger partial charge is 0.224 e. The lowest BCUT2D eigenvalue weighted by molar-refractivity contribution is -0.131. The molecule has 1 aromatic carbocycles. The average Bonchev–Trinajstić information content (AvgIpc) is 2.42. The predicted molar refractivity (Wildman–Crippen MR) is 82.1 cm³/mol. The van der Waals surface area contributed by atoms with Gasteiger partial charge in [-0.2, -0.15) is 0 Å². The molecular formula is C14H20BrN3O.